The van der Waals surface area contributed by atoms with Crippen LogP contribution in [-0.2, 0) is 17.8 Å². The highest BCUT2D eigenvalue weighted by atomic mass is 35.5. The van der Waals surface area contributed by atoms with Gasteiger partial charge in [-0.3, -0.25) is 4.79 Å². The standard InChI is InChI=1S/C34H42ClN7O3/c1-2-24-19-23(20-28(35)31(24)36)21-30(32(43)40-15-9-26(10-16-40)39-13-5-6-14-39)38-33(44)41-17-11-27(12-18-41)42-22-25-7-3-4-8-29(25)37-34(42)45/h1,3-4,7-8,19-20,26-27,30H,5-6,9-18,21-22,36H2,(H,37,45)(H,38,44)/t30-/m1/s1. The quantitative estimate of drug-likeness (QED) is 0.328. The predicted octanol–water partition coefficient (Wildman–Crippen LogP) is 4.12. The van der Waals surface area contributed by atoms with Crippen molar-refractivity contribution in [3.05, 3.63) is 58.1 Å². The number of carbonyl (C=O) groups is 3. The molecule has 0 radical (unpaired) electrons. The molecule has 4 aliphatic rings. The molecule has 2 aromatic rings. The predicted molar refractivity (Wildman–Crippen MR) is 176 cm³/mol. The summed E-state index contributed by atoms with van der Waals surface area (Å²) >= 11 is 6.38. The van der Waals surface area contributed by atoms with Crippen LogP contribution in [0.3, 0.4) is 0 Å². The number of carbonyl (C=O) groups excluding carboxylic acids is 3. The first-order chi connectivity index (χ1) is 21.8. The zero-order chi connectivity index (χ0) is 31.5. The van der Waals surface area contributed by atoms with Gasteiger partial charge in [0, 0.05) is 62.5 Å². The summed E-state index contributed by atoms with van der Waals surface area (Å²) < 4.78 is 0. The molecule has 4 N–H and O–H groups in total. The number of piperidine rings is 2. The van der Waals surface area contributed by atoms with E-state index in [1.54, 1.807) is 17.0 Å². The average molecular weight is 632 g/mol. The third kappa shape index (κ3) is 6.85. The molecule has 238 valence electrons. The molecule has 5 amide bonds. The van der Waals surface area contributed by atoms with E-state index in [4.69, 9.17) is 23.8 Å². The normalized spacial score (nSPS) is 20.4. The van der Waals surface area contributed by atoms with Crippen molar-refractivity contribution in [3.63, 3.8) is 0 Å². The first kappa shape index (κ1) is 31.1. The Morgan fingerprint density at radius 3 is 2.38 bits per heavy atom. The molecule has 0 aromatic heterocycles. The summed E-state index contributed by atoms with van der Waals surface area (Å²) in [6.45, 7) is 5.12. The Hall–Kier alpha value is -3.94. The Balaban J connectivity index is 1.11. The number of likely N-dealkylation sites (tertiary alicyclic amines) is 3. The molecular weight excluding hydrogens is 590 g/mol. The zero-order valence-electron chi connectivity index (χ0n) is 25.6. The van der Waals surface area contributed by atoms with Gasteiger partial charge in [-0.15, -0.1) is 6.42 Å². The van der Waals surface area contributed by atoms with Crippen molar-refractivity contribution in [2.45, 2.75) is 69.6 Å². The number of urea groups is 2. The zero-order valence-corrected chi connectivity index (χ0v) is 26.4. The van der Waals surface area contributed by atoms with Gasteiger partial charge >= 0.3 is 12.1 Å². The molecule has 4 heterocycles. The maximum Gasteiger partial charge on any atom is 0.322 e. The van der Waals surface area contributed by atoms with Crippen molar-refractivity contribution in [1.29, 1.82) is 0 Å². The molecule has 0 aliphatic carbocycles. The number of amides is 5. The van der Waals surface area contributed by atoms with Crippen LogP contribution >= 0.6 is 11.6 Å². The van der Waals surface area contributed by atoms with Crippen LogP contribution in [-0.4, -0.2) is 95.0 Å². The highest BCUT2D eigenvalue weighted by Crippen LogP contribution is 2.29. The van der Waals surface area contributed by atoms with Crippen LogP contribution in [0.25, 0.3) is 0 Å². The Kier molecular flexibility index (Phi) is 9.38. The highest BCUT2D eigenvalue weighted by Gasteiger charge is 2.36. The number of terminal acetylenes is 1. The highest BCUT2D eigenvalue weighted by molar-refractivity contribution is 6.33. The fraction of sp³-hybridized carbons (Fsp3) is 0.500. The topological polar surface area (TPSA) is 114 Å². The first-order valence-corrected chi connectivity index (χ1v) is 16.5. The van der Waals surface area contributed by atoms with E-state index in [9.17, 15) is 14.4 Å². The summed E-state index contributed by atoms with van der Waals surface area (Å²) in [5.74, 6) is 2.47. The number of para-hydroxylation sites is 1. The number of benzene rings is 2. The monoisotopic (exact) mass is 631 g/mol. The smallest absolute Gasteiger partial charge is 0.322 e. The molecule has 0 spiro atoms. The number of hydrogen-bond donors (Lipinski definition) is 3. The molecule has 0 bridgehead atoms. The summed E-state index contributed by atoms with van der Waals surface area (Å²) in [6, 6.07) is 10.7. The maximum absolute atomic E-state index is 14.0. The van der Waals surface area contributed by atoms with Gasteiger partial charge in [0.25, 0.3) is 0 Å². The third-order valence-corrected chi connectivity index (χ3v) is 10.2. The lowest BCUT2D eigenvalue weighted by atomic mass is 9.98. The van der Waals surface area contributed by atoms with E-state index >= 15 is 0 Å². The summed E-state index contributed by atoms with van der Waals surface area (Å²) in [5, 5.41) is 6.37. The number of fused-ring (bicyclic) bond motifs is 1. The van der Waals surface area contributed by atoms with Crippen molar-refractivity contribution in [2.75, 3.05) is 50.3 Å². The Morgan fingerprint density at radius 2 is 1.67 bits per heavy atom. The molecule has 11 heteroatoms. The van der Waals surface area contributed by atoms with Gasteiger partial charge in [-0.2, -0.15) is 0 Å². The van der Waals surface area contributed by atoms with Crippen LogP contribution in [0.1, 0.15) is 55.2 Å². The second kappa shape index (κ2) is 13.6. The van der Waals surface area contributed by atoms with E-state index in [-0.39, 0.29) is 30.4 Å². The second-order valence-electron chi connectivity index (χ2n) is 12.6. The number of rotatable bonds is 6. The van der Waals surface area contributed by atoms with Crippen LogP contribution in [0.15, 0.2) is 36.4 Å². The number of nitrogen functional groups attached to an aromatic ring is 1. The van der Waals surface area contributed by atoms with Gasteiger partial charge in [-0.25, -0.2) is 9.59 Å². The van der Waals surface area contributed by atoms with Crippen LogP contribution in [0.2, 0.25) is 5.02 Å². The van der Waals surface area contributed by atoms with Gasteiger partial charge < -0.3 is 36.0 Å². The third-order valence-electron chi connectivity index (χ3n) is 9.87. The van der Waals surface area contributed by atoms with Gasteiger partial charge in [0.1, 0.15) is 6.04 Å². The van der Waals surface area contributed by atoms with Gasteiger partial charge in [0.15, 0.2) is 0 Å². The van der Waals surface area contributed by atoms with Crippen molar-refractivity contribution in [3.8, 4) is 12.3 Å². The molecule has 10 nitrogen and oxygen atoms in total. The van der Waals surface area contributed by atoms with Crippen molar-refractivity contribution in [1.82, 2.24) is 24.9 Å². The van der Waals surface area contributed by atoms with E-state index in [0.717, 1.165) is 42.7 Å². The molecule has 1 atom stereocenters. The number of hydrogen-bond acceptors (Lipinski definition) is 5. The molecule has 6 rings (SSSR count). The van der Waals surface area contributed by atoms with Crippen LogP contribution < -0.4 is 16.4 Å². The number of nitrogens with zero attached hydrogens (tertiary/aromatic N) is 4. The summed E-state index contributed by atoms with van der Waals surface area (Å²) in [5.41, 5.74) is 9.51. The van der Waals surface area contributed by atoms with Crippen molar-refractivity contribution < 1.29 is 14.4 Å². The lowest BCUT2D eigenvalue weighted by Gasteiger charge is -2.41. The number of nitrogens with one attached hydrogen (secondary N) is 2. The molecule has 3 fully saturated rings. The fourth-order valence-corrected chi connectivity index (χ4v) is 7.51. The van der Waals surface area contributed by atoms with Gasteiger partial charge in [0.2, 0.25) is 5.91 Å². The van der Waals surface area contributed by atoms with Gasteiger partial charge in [-0.1, -0.05) is 35.7 Å². The van der Waals surface area contributed by atoms with Crippen molar-refractivity contribution in [2.24, 2.45) is 0 Å². The molecule has 0 saturated carbocycles. The van der Waals surface area contributed by atoms with Crippen molar-refractivity contribution >= 4 is 40.9 Å². The number of nitrogens with two attached hydrogens (primary N) is 1. The largest absolute Gasteiger partial charge is 0.397 e. The minimum atomic E-state index is -0.784. The molecule has 4 aliphatic heterocycles. The Labute approximate surface area is 270 Å². The maximum atomic E-state index is 14.0. The minimum absolute atomic E-state index is 0.0239. The summed E-state index contributed by atoms with van der Waals surface area (Å²) in [7, 11) is 0. The van der Waals surface area contributed by atoms with E-state index in [1.807, 2.05) is 34.1 Å². The lowest BCUT2D eigenvalue weighted by molar-refractivity contribution is -0.134. The second-order valence-corrected chi connectivity index (χ2v) is 13.0. The van der Waals surface area contributed by atoms with Crippen LogP contribution in [0, 0.1) is 12.3 Å². The first-order valence-electron chi connectivity index (χ1n) is 16.1. The number of halogens is 1. The molecule has 3 saturated heterocycles. The Bertz CT molecular complexity index is 1470. The fourth-order valence-electron chi connectivity index (χ4n) is 7.26. The van der Waals surface area contributed by atoms with Gasteiger partial charge in [0.05, 0.1) is 10.7 Å². The summed E-state index contributed by atoms with van der Waals surface area (Å²) in [6.07, 6.45) is 11.6. The lowest BCUT2D eigenvalue weighted by Crippen LogP contribution is -2.57. The van der Waals surface area contributed by atoms with E-state index in [2.05, 4.69) is 21.5 Å². The number of anilines is 2. The molecule has 45 heavy (non-hydrogen) atoms. The van der Waals surface area contributed by atoms with E-state index in [1.165, 1.54) is 12.8 Å². The Morgan fingerprint density at radius 1 is 1.00 bits per heavy atom. The molecular formula is C34H42ClN7O3. The van der Waals surface area contributed by atoms with Gasteiger partial charge in [-0.05, 0) is 80.9 Å². The van der Waals surface area contributed by atoms with E-state index < -0.39 is 6.04 Å². The SMILES string of the molecule is C#Cc1cc(C[C@@H](NC(=O)N2CCC(N3Cc4ccccc4NC3=O)CC2)C(=O)N2CCC(N3CCCC3)CC2)cc(Cl)c1N. The van der Waals surface area contributed by atoms with E-state index in [0.29, 0.717) is 67.9 Å². The molecule has 0 unspecified atom stereocenters. The minimum Gasteiger partial charge on any atom is -0.397 e. The summed E-state index contributed by atoms with van der Waals surface area (Å²) in [4.78, 5) is 48.5. The molecule has 2 aromatic carbocycles. The average Bonchev–Trinajstić information content (AvgIpc) is 3.61. The van der Waals surface area contributed by atoms with Crippen LogP contribution in [0.5, 0.6) is 0 Å². The van der Waals surface area contributed by atoms with Crippen LogP contribution in [0.4, 0.5) is 21.0 Å².